The van der Waals surface area contributed by atoms with Crippen LogP contribution in [-0.2, 0) is 6.42 Å². The summed E-state index contributed by atoms with van der Waals surface area (Å²) in [7, 11) is 7.80. The first-order valence-electron chi connectivity index (χ1n) is 8.36. The fourth-order valence-corrected chi connectivity index (χ4v) is 3.24. The summed E-state index contributed by atoms with van der Waals surface area (Å²) in [5.41, 5.74) is 3.01. The lowest BCUT2D eigenvalue weighted by molar-refractivity contribution is 0.104. The van der Waals surface area contributed by atoms with Gasteiger partial charge >= 0.3 is 0 Å². The zero-order valence-corrected chi connectivity index (χ0v) is 16.0. The molecular formula is C21H22O6. The van der Waals surface area contributed by atoms with Crippen molar-refractivity contribution in [1.29, 1.82) is 0 Å². The maximum absolute atomic E-state index is 12.8. The molecule has 2 aromatic rings. The molecule has 6 nitrogen and oxygen atoms in total. The van der Waals surface area contributed by atoms with Gasteiger partial charge in [-0.1, -0.05) is 0 Å². The number of allylic oxidation sites excluding steroid dienone is 1. The maximum atomic E-state index is 12.8. The molecule has 0 spiro atoms. The number of ketones is 1. The fraction of sp³-hybridized carbons (Fsp3) is 0.286. The van der Waals surface area contributed by atoms with Crippen molar-refractivity contribution in [2.75, 3.05) is 35.5 Å². The lowest BCUT2D eigenvalue weighted by atomic mass is 10.1. The van der Waals surface area contributed by atoms with Crippen molar-refractivity contribution in [3.8, 4) is 28.7 Å². The summed E-state index contributed by atoms with van der Waals surface area (Å²) in [6.45, 7) is 0. The van der Waals surface area contributed by atoms with Crippen molar-refractivity contribution in [3.05, 3.63) is 46.5 Å². The molecule has 3 rings (SSSR count). The predicted octanol–water partition coefficient (Wildman–Crippen LogP) is 3.55. The molecule has 2 aromatic carbocycles. The number of carbonyl (C=O) groups is 1. The molecule has 142 valence electrons. The molecule has 0 heterocycles. The van der Waals surface area contributed by atoms with Gasteiger partial charge in [0, 0.05) is 17.6 Å². The zero-order valence-electron chi connectivity index (χ0n) is 16.0. The molecule has 27 heavy (non-hydrogen) atoms. The highest BCUT2D eigenvalue weighted by molar-refractivity contribution is 6.16. The van der Waals surface area contributed by atoms with Crippen LogP contribution in [0.1, 0.15) is 21.5 Å². The van der Waals surface area contributed by atoms with E-state index < -0.39 is 0 Å². The Hall–Kier alpha value is -3.15. The second kappa shape index (κ2) is 7.61. The van der Waals surface area contributed by atoms with E-state index in [9.17, 15) is 4.79 Å². The molecule has 0 saturated heterocycles. The van der Waals surface area contributed by atoms with E-state index in [1.54, 1.807) is 41.6 Å². The smallest absolute Gasteiger partial charge is 0.203 e. The van der Waals surface area contributed by atoms with Crippen LogP contribution in [0.3, 0.4) is 0 Å². The van der Waals surface area contributed by atoms with E-state index in [1.807, 2.05) is 24.3 Å². The Morgan fingerprint density at radius 3 is 1.81 bits per heavy atom. The lowest BCUT2D eigenvalue weighted by Crippen LogP contribution is -1.98. The van der Waals surface area contributed by atoms with E-state index in [1.165, 1.54) is 0 Å². The van der Waals surface area contributed by atoms with E-state index in [-0.39, 0.29) is 5.78 Å². The van der Waals surface area contributed by atoms with Crippen LogP contribution in [0, 0.1) is 0 Å². The SMILES string of the molecule is COc1cc2c(cc1OC)C(=O)C(=Cc1cc(OC)c(OC)c(OC)c1)C2. The van der Waals surface area contributed by atoms with Gasteiger partial charge in [0.2, 0.25) is 5.75 Å². The summed E-state index contributed by atoms with van der Waals surface area (Å²) in [5.74, 6) is 2.71. The van der Waals surface area contributed by atoms with Crippen LogP contribution in [-0.4, -0.2) is 41.3 Å². The van der Waals surface area contributed by atoms with Crippen molar-refractivity contribution in [3.63, 3.8) is 0 Å². The van der Waals surface area contributed by atoms with Gasteiger partial charge in [-0.15, -0.1) is 0 Å². The summed E-state index contributed by atoms with van der Waals surface area (Å²) in [4.78, 5) is 12.8. The fourth-order valence-electron chi connectivity index (χ4n) is 3.24. The molecule has 0 atom stereocenters. The summed E-state index contributed by atoms with van der Waals surface area (Å²) < 4.78 is 26.7. The van der Waals surface area contributed by atoms with Crippen LogP contribution in [0.2, 0.25) is 0 Å². The average Bonchev–Trinajstić information content (AvgIpc) is 3.00. The molecule has 1 aliphatic carbocycles. The van der Waals surface area contributed by atoms with Crippen LogP contribution < -0.4 is 23.7 Å². The Bertz CT molecular complexity index is 888. The summed E-state index contributed by atoms with van der Waals surface area (Å²) in [6.07, 6.45) is 2.36. The van der Waals surface area contributed by atoms with E-state index >= 15 is 0 Å². The first-order chi connectivity index (χ1) is 13.1. The van der Waals surface area contributed by atoms with E-state index in [0.717, 1.165) is 11.1 Å². The second-order valence-electron chi connectivity index (χ2n) is 6.00. The van der Waals surface area contributed by atoms with E-state index in [2.05, 4.69) is 0 Å². The number of rotatable bonds is 6. The van der Waals surface area contributed by atoms with Gasteiger partial charge in [-0.25, -0.2) is 0 Å². The van der Waals surface area contributed by atoms with Gasteiger partial charge in [-0.2, -0.15) is 0 Å². The third kappa shape index (κ3) is 3.30. The summed E-state index contributed by atoms with van der Waals surface area (Å²) in [6, 6.07) is 7.20. The van der Waals surface area contributed by atoms with Crippen LogP contribution in [0.25, 0.3) is 6.08 Å². The Balaban J connectivity index is 2.03. The number of hydrogen-bond donors (Lipinski definition) is 0. The number of ether oxygens (including phenoxy) is 5. The largest absolute Gasteiger partial charge is 0.493 e. The highest BCUT2D eigenvalue weighted by atomic mass is 16.5. The van der Waals surface area contributed by atoms with Gasteiger partial charge < -0.3 is 23.7 Å². The highest BCUT2D eigenvalue weighted by Crippen LogP contribution is 2.40. The second-order valence-corrected chi connectivity index (χ2v) is 6.00. The predicted molar refractivity (Wildman–Crippen MR) is 102 cm³/mol. The molecular weight excluding hydrogens is 348 g/mol. The van der Waals surface area contributed by atoms with Crippen LogP contribution in [0.15, 0.2) is 29.8 Å². The quantitative estimate of drug-likeness (QED) is 0.725. The molecule has 1 aliphatic rings. The van der Waals surface area contributed by atoms with Crippen LogP contribution in [0.4, 0.5) is 0 Å². The number of benzene rings is 2. The van der Waals surface area contributed by atoms with Gasteiger partial charge in [-0.05, 0) is 41.5 Å². The van der Waals surface area contributed by atoms with Crippen molar-refractivity contribution in [2.24, 2.45) is 0 Å². The van der Waals surface area contributed by atoms with Crippen molar-refractivity contribution in [1.82, 2.24) is 0 Å². The minimum absolute atomic E-state index is 0.0281. The molecule has 0 bridgehead atoms. The molecule has 6 heteroatoms. The van der Waals surface area contributed by atoms with Gasteiger partial charge in [0.25, 0.3) is 0 Å². The summed E-state index contributed by atoms with van der Waals surface area (Å²) >= 11 is 0. The first kappa shape index (κ1) is 18.6. The number of carbonyl (C=O) groups excluding carboxylic acids is 1. The molecule has 0 fully saturated rings. The first-order valence-corrected chi connectivity index (χ1v) is 8.36. The topological polar surface area (TPSA) is 63.2 Å². The summed E-state index contributed by atoms with van der Waals surface area (Å²) in [5, 5.41) is 0. The lowest BCUT2D eigenvalue weighted by Gasteiger charge is -2.13. The molecule has 0 amide bonds. The number of fused-ring (bicyclic) bond motifs is 1. The van der Waals surface area contributed by atoms with Gasteiger partial charge in [-0.3, -0.25) is 4.79 Å². The number of methoxy groups -OCH3 is 5. The van der Waals surface area contributed by atoms with Crippen molar-refractivity contribution >= 4 is 11.9 Å². The number of hydrogen-bond acceptors (Lipinski definition) is 6. The highest BCUT2D eigenvalue weighted by Gasteiger charge is 2.27. The molecule has 0 saturated carbocycles. The van der Waals surface area contributed by atoms with Crippen LogP contribution >= 0.6 is 0 Å². The minimum atomic E-state index is -0.0281. The van der Waals surface area contributed by atoms with Crippen molar-refractivity contribution < 1.29 is 28.5 Å². The zero-order chi connectivity index (χ0) is 19.6. The van der Waals surface area contributed by atoms with E-state index in [4.69, 9.17) is 23.7 Å². The maximum Gasteiger partial charge on any atom is 0.203 e. The third-order valence-corrected chi connectivity index (χ3v) is 4.55. The molecule has 0 aliphatic heterocycles. The van der Waals surface area contributed by atoms with Gasteiger partial charge in [0.05, 0.1) is 35.5 Å². The Labute approximate surface area is 158 Å². The Morgan fingerprint density at radius 1 is 0.741 bits per heavy atom. The standard InChI is InChI=1S/C21H22O6/c1-23-16-10-13-9-14(20(22)15(13)11-17(16)24-2)6-12-7-18(25-3)21(27-5)19(8-12)26-4/h6-8,10-11H,9H2,1-5H3. The van der Waals surface area contributed by atoms with Gasteiger partial charge in [0.15, 0.2) is 28.8 Å². The minimum Gasteiger partial charge on any atom is -0.493 e. The normalized spacial score (nSPS) is 14.1. The molecule has 0 aromatic heterocycles. The molecule has 0 radical (unpaired) electrons. The van der Waals surface area contributed by atoms with Crippen LogP contribution in [0.5, 0.6) is 28.7 Å². The van der Waals surface area contributed by atoms with E-state index in [0.29, 0.717) is 46.3 Å². The van der Waals surface area contributed by atoms with Crippen molar-refractivity contribution in [2.45, 2.75) is 6.42 Å². The Morgan fingerprint density at radius 2 is 1.30 bits per heavy atom. The molecule has 0 unspecified atom stereocenters. The monoisotopic (exact) mass is 370 g/mol. The third-order valence-electron chi connectivity index (χ3n) is 4.55. The average molecular weight is 370 g/mol. The number of Topliss-reactive ketones (excluding diaryl/α,β-unsaturated/α-hetero) is 1. The molecule has 0 N–H and O–H groups in total. The Kier molecular flexibility index (Phi) is 5.26. The van der Waals surface area contributed by atoms with Gasteiger partial charge in [0.1, 0.15) is 0 Å².